The predicted molar refractivity (Wildman–Crippen MR) is 73.8 cm³/mol. The van der Waals surface area contributed by atoms with Gasteiger partial charge in [-0.25, -0.2) is 21.1 Å². The van der Waals surface area contributed by atoms with Gasteiger partial charge in [0.25, 0.3) is 0 Å². The van der Waals surface area contributed by atoms with Gasteiger partial charge in [0.2, 0.25) is 26.0 Å². The molecule has 7 nitrogen and oxygen atoms in total. The van der Waals surface area contributed by atoms with Gasteiger partial charge in [0.15, 0.2) is 0 Å². The molecule has 1 amide bonds. The Hall–Kier alpha value is -0.670. The van der Waals surface area contributed by atoms with Crippen molar-refractivity contribution in [2.24, 2.45) is 5.92 Å². The van der Waals surface area contributed by atoms with Crippen LogP contribution in [0.25, 0.3) is 0 Å². The third-order valence-corrected chi connectivity index (χ3v) is 6.45. The lowest BCUT2D eigenvalue weighted by Crippen LogP contribution is -2.42. The summed E-state index contributed by atoms with van der Waals surface area (Å²) in [6.45, 7) is 2.17. The maximum absolute atomic E-state index is 12.4. The molecule has 0 unspecified atom stereocenters. The van der Waals surface area contributed by atoms with Crippen molar-refractivity contribution in [3.8, 4) is 0 Å². The second-order valence-corrected chi connectivity index (χ2v) is 9.31. The van der Waals surface area contributed by atoms with Crippen molar-refractivity contribution < 1.29 is 21.6 Å². The second kappa shape index (κ2) is 4.96. The zero-order valence-corrected chi connectivity index (χ0v) is 13.4. The molecule has 0 aromatic rings. The molecule has 2 heterocycles. The molecule has 0 aromatic heterocycles. The number of nitrogens with zero attached hydrogens (tertiary/aromatic N) is 2. The minimum absolute atomic E-state index is 0.272. The first-order chi connectivity index (χ1) is 9.09. The smallest absolute Gasteiger partial charge is 0.241 e. The van der Waals surface area contributed by atoms with Gasteiger partial charge in [-0.2, -0.15) is 4.31 Å². The van der Waals surface area contributed by atoms with Gasteiger partial charge in [-0.05, 0) is 12.8 Å². The lowest BCUT2D eigenvalue weighted by molar-refractivity contribution is -0.128. The Kier molecular flexibility index (Phi) is 3.89. The first-order valence-corrected chi connectivity index (χ1v) is 10.3. The van der Waals surface area contributed by atoms with Crippen LogP contribution in [0, 0.1) is 5.92 Å². The topological polar surface area (TPSA) is 91.8 Å². The van der Waals surface area contributed by atoms with E-state index in [-0.39, 0.29) is 6.54 Å². The third kappa shape index (κ3) is 2.46. The predicted octanol–water partition coefficient (Wildman–Crippen LogP) is -0.393. The molecule has 0 spiro atoms. The zero-order valence-electron chi connectivity index (χ0n) is 11.8. The Bertz CT molecular complexity index is 613. The third-order valence-electron chi connectivity index (χ3n) is 4.00. The molecule has 0 bridgehead atoms. The van der Waals surface area contributed by atoms with Crippen molar-refractivity contribution in [1.82, 2.24) is 8.61 Å². The average molecular weight is 324 g/mol. The quantitative estimate of drug-likeness (QED) is 0.702. The van der Waals surface area contributed by atoms with E-state index in [0.717, 1.165) is 16.8 Å². The first-order valence-electron chi connectivity index (χ1n) is 6.59. The van der Waals surface area contributed by atoms with Crippen LogP contribution >= 0.6 is 0 Å². The van der Waals surface area contributed by atoms with Gasteiger partial charge in [0, 0.05) is 6.54 Å². The van der Waals surface area contributed by atoms with Crippen LogP contribution in [-0.4, -0.2) is 62.5 Å². The lowest BCUT2D eigenvalue weighted by Gasteiger charge is -2.25. The minimum atomic E-state index is -3.66. The molecule has 2 aliphatic heterocycles. The molecule has 116 valence electrons. The maximum atomic E-state index is 12.4. The van der Waals surface area contributed by atoms with Crippen molar-refractivity contribution in [3.05, 3.63) is 0 Å². The van der Waals surface area contributed by atoms with Gasteiger partial charge >= 0.3 is 0 Å². The summed E-state index contributed by atoms with van der Waals surface area (Å²) in [7, 11) is -7.10. The summed E-state index contributed by atoms with van der Waals surface area (Å²) in [5, 5.41) is 0. The molecular weight excluding hydrogens is 304 g/mol. The number of amides is 1. The Morgan fingerprint density at radius 3 is 2.20 bits per heavy atom. The highest BCUT2D eigenvalue weighted by Gasteiger charge is 2.57. The van der Waals surface area contributed by atoms with Crippen LogP contribution in [0.4, 0.5) is 0 Å². The molecule has 2 aliphatic rings. The normalized spacial score (nSPS) is 31.9. The van der Waals surface area contributed by atoms with Gasteiger partial charge in [0.05, 0.1) is 30.5 Å². The molecule has 0 radical (unpaired) electrons. The van der Waals surface area contributed by atoms with E-state index in [1.807, 2.05) is 6.92 Å². The van der Waals surface area contributed by atoms with Crippen molar-refractivity contribution in [1.29, 1.82) is 0 Å². The average Bonchev–Trinajstić information content (AvgIpc) is 2.76. The van der Waals surface area contributed by atoms with Crippen molar-refractivity contribution in [2.75, 3.05) is 19.1 Å². The molecule has 0 N–H and O–H groups in total. The standard InChI is InChI=1S/C11H20N2O5S2/c1-4-5-8-10-9(6-7-12(10)19(2,15)16)13(11(8)14)20(3,17)18/h8-10H,4-7H2,1-3H3/t8-,9+,10-/m1/s1. The van der Waals surface area contributed by atoms with Crippen LogP contribution in [0.3, 0.4) is 0 Å². The van der Waals surface area contributed by atoms with Crippen LogP contribution in [0.15, 0.2) is 0 Å². The summed E-state index contributed by atoms with van der Waals surface area (Å²) < 4.78 is 49.5. The molecule has 20 heavy (non-hydrogen) atoms. The molecule has 2 fully saturated rings. The van der Waals surface area contributed by atoms with Crippen LogP contribution in [0.1, 0.15) is 26.2 Å². The molecule has 3 atom stereocenters. The van der Waals surface area contributed by atoms with Gasteiger partial charge in [-0.3, -0.25) is 4.79 Å². The monoisotopic (exact) mass is 324 g/mol. The fraction of sp³-hybridized carbons (Fsp3) is 0.909. The van der Waals surface area contributed by atoms with E-state index in [2.05, 4.69) is 0 Å². The Labute approximate surface area is 120 Å². The Balaban J connectivity index is 2.46. The number of sulfonamides is 2. The van der Waals surface area contributed by atoms with Gasteiger partial charge in [-0.15, -0.1) is 0 Å². The van der Waals surface area contributed by atoms with E-state index in [1.54, 1.807) is 0 Å². The second-order valence-electron chi connectivity index (χ2n) is 5.51. The Morgan fingerprint density at radius 1 is 1.15 bits per heavy atom. The molecule has 0 aromatic carbocycles. The lowest BCUT2D eigenvalue weighted by atomic mass is 9.95. The zero-order chi connectivity index (χ0) is 15.3. The van der Waals surface area contributed by atoms with Gasteiger partial charge in [0.1, 0.15) is 0 Å². The summed E-state index contributed by atoms with van der Waals surface area (Å²) >= 11 is 0. The molecule has 0 aliphatic carbocycles. The number of carbonyl (C=O) groups excluding carboxylic acids is 1. The highest BCUT2D eigenvalue weighted by molar-refractivity contribution is 7.89. The summed E-state index contributed by atoms with van der Waals surface area (Å²) in [6.07, 6.45) is 3.68. The molecular formula is C11H20N2O5S2. The maximum Gasteiger partial charge on any atom is 0.241 e. The Morgan fingerprint density at radius 2 is 1.75 bits per heavy atom. The van der Waals surface area contributed by atoms with Crippen LogP contribution < -0.4 is 0 Å². The number of fused-ring (bicyclic) bond motifs is 1. The van der Waals surface area contributed by atoms with E-state index >= 15 is 0 Å². The molecule has 9 heteroatoms. The number of hydrogen-bond donors (Lipinski definition) is 0. The largest absolute Gasteiger partial charge is 0.273 e. The molecule has 0 saturated carbocycles. The summed E-state index contributed by atoms with van der Waals surface area (Å²) in [5.74, 6) is -1.02. The van der Waals surface area contributed by atoms with Gasteiger partial charge < -0.3 is 0 Å². The number of carbonyl (C=O) groups is 1. The van der Waals surface area contributed by atoms with Crippen molar-refractivity contribution >= 4 is 26.0 Å². The highest BCUT2D eigenvalue weighted by atomic mass is 32.2. The number of rotatable bonds is 4. The van der Waals surface area contributed by atoms with Crippen LogP contribution in [-0.2, 0) is 24.8 Å². The first kappa shape index (κ1) is 15.7. The van der Waals surface area contributed by atoms with Gasteiger partial charge in [-0.1, -0.05) is 13.3 Å². The van der Waals surface area contributed by atoms with E-state index in [9.17, 15) is 21.6 Å². The number of hydrogen-bond acceptors (Lipinski definition) is 5. The van der Waals surface area contributed by atoms with Crippen LogP contribution in [0.2, 0.25) is 0 Å². The summed E-state index contributed by atoms with van der Waals surface area (Å²) in [6, 6.07) is -1.10. The minimum Gasteiger partial charge on any atom is -0.273 e. The van der Waals surface area contributed by atoms with E-state index < -0.39 is 44.0 Å². The summed E-state index contributed by atoms with van der Waals surface area (Å²) in [4.78, 5) is 12.4. The van der Waals surface area contributed by atoms with Crippen molar-refractivity contribution in [3.63, 3.8) is 0 Å². The van der Waals surface area contributed by atoms with E-state index in [1.165, 1.54) is 4.31 Å². The fourth-order valence-electron chi connectivity index (χ4n) is 3.37. The van der Waals surface area contributed by atoms with Crippen molar-refractivity contribution in [2.45, 2.75) is 38.3 Å². The molecule has 2 rings (SSSR count). The fourth-order valence-corrected chi connectivity index (χ4v) is 5.72. The summed E-state index contributed by atoms with van der Waals surface area (Å²) in [5.41, 5.74) is 0. The van der Waals surface area contributed by atoms with E-state index in [4.69, 9.17) is 0 Å². The SMILES string of the molecule is CCC[C@H]1C(=O)N(S(C)(=O)=O)[C@H]2CCN(S(C)(=O)=O)[C@H]12. The molecule has 2 saturated heterocycles. The highest BCUT2D eigenvalue weighted by Crippen LogP contribution is 2.40. The van der Waals surface area contributed by atoms with E-state index in [0.29, 0.717) is 19.3 Å². The van der Waals surface area contributed by atoms with Crippen LogP contribution in [0.5, 0.6) is 0 Å².